The maximum absolute atomic E-state index is 7.01. The fraction of sp³-hybridized carbons (Fsp3) is 0. The van der Waals surface area contributed by atoms with E-state index in [2.05, 4.69) is 205 Å². The zero-order valence-electron chi connectivity index (χ0n) is 34.5. The monoisotopic (exact) mass is 816 g/mol. The van der Waals surface area contributed by atoms with Gasteiger partial charge < -0.3 is 8.98 Å². The lowest BCUT2D eigenvalue weighted by Crippen LogP contribution is -2.00. The number of fused-ring (bicyclic) bond motifs is 8. The van der Waals surface area contributed by atoms with Crippen LogP contribution in [0.5, 0.6) is 0 Å². The van der Waals surface area contributed by atoms with Gasteiger partial charge >= 0.3 is 0 Å². The van der Waals surface area contributed by atoms with Gasteiger partial charge in [0.1, 0.15) is 5.58 Å². The maximum Gasteiger partial charge on any atom is 0.164 e. The predicted octanol–water partition coefficient (Wildman–Crippen LogP) is 15.5. The summed E-state index contributed by atoms with van der Waals surface area (Å²) in [6, 6.07) is 76.8. The van der Waals surface area contributed by atoms with Crippen molar-refractivity contribution in [2.24, 2.45) is 0 Å². The van der Waals surface area contributed by atoms with Crippen molar-refractivity contribution in [3.63, 3.8) is 0 Å². The molecule has 64 heavy (non-hydrogen) atoms. The molecule has 0 radical (unpaired) electrons. The first-order chi connectivity index (χ1) is 31.7. The van der Waals surface area contributed by atoms with Crippen LogP contribution in [0.2, 0.25) is 0 Å². The Bertz CT molecular complexity index is 3940. The summed E-state index contributed by atoms with van der Waals surface area (Å²) in [7, 11) is 0. The van der Waals surface area contributed by atoms with Crippen molar-refractivity contribution in [2.75, 3.05) is 0 Å². The molecule has 0 amide bonds. The highest BCUT2D eigenvalue weighted by Gasteiger charge is 2.24. The number of furan rings is 1. The highest BCUT2D eigenvalue weighted by Crippen LogP contribution is 2.45. The standard InChI is InChI=1S/C59H36N4O/c1-3-15-37(16-4-1)39-29-32-41(33-30-39)57-60-58(44-34-31-38-17-7-8-20-42(38)35-44)62-59(61-57)48-25-14-28-52-54(48)47-24-13-27-50(56(47)64-52)63-49-26-12-11-23-46(49)55-51(63)36-43-21-9-10-22-45(43)53(55)40-18-5-2-6-19-40/h1-36H. The second-order valence-electron chi connectivity index (χ2n) is 16.3. The number of hydrogen-bond donors (Lipinski definition) is 0. The van der Waals surface area contributed by atoms with Crippen LogP contribution in [0, 0.1) is 0 Å². The third kappa shape index (κ3) is 5.75. The second kappa shape index (κ2) is 14.5. The van der Waals surface area contributed by atoms with Gasteiger partial charge in [0.2, 0.25) is 0 Å². The molecule has 3 heterocycles. The van der Waals surface area contributed by atoms with Crippen molar-refractivity contribution < 1.29 is 4.42 Å². The highest BCUT2D eigenvalue weighted by atomic mass is 16.3. The van der Waals surface area contributed by atoms with E-state index in [4.69, 9.17) is 19.4 Å². The first-order valence-electron chi connectivity index (χ1n) is 21.6. The van der Waals surface area contributed by atoms with E-state index in [9.17, 15) is 0 Å². The summed E-state index contributed by atoms with van der Waals surface area (Å²) in [5, 5.41) is 9.03. The summed E-state index contributed by atoms with van der Waals surface area (Å²) in [5.74, 6) is 1.79. The molecule has 13 aromatic rings. The van der Waals surface area contributed by atoms with Crippen LogP contribution in [0.4, 0.5) is 0 Å². The SMILES string of the molecule is c1ccc(-c2ccc(-c3nc(-c4ccc5ccccc5c4)nc(-c4cccc5oc6c(-n7c8ccccc8c8c(-c9ccccc9)c9ccccc9cc87)cccc6c45)n3)cc2)cc1. The van der Waals surface area contributed by atoms with Crippen molar-refractivity contribution in [3.05, 3.63) is 218 Å². The largest absolute Gasteiger partial charge is 0.454 e. The molecule has 10 aromatic carbocycles. The van der Waals surface area contributed by atoms with Gasteiger partial charge in [0.15, 0.2) is 23.1 Å². The van der Waals surface area contributed by atoms with Crippen molar-refractivity contribution in [1.29, 1.82) is 0 Å². The molecule has 0 saturated carbocycles. The molecule has 13 rings (SSSR count). The second-order valence-corrected chi connectivity index (χ2v) is 16.3. The Hall–Kier alpha value is -8.67. The number of para-hydroxylation sites is 2. The Kier molecular flexibility index (Phi) is 8.15. The van der Waals surface area contributed by atoms with Gasteiger partial charge in [-0.2, -0.15) is 0 Å². The molecule has 5 heteroatoms. The molecule has 0 unspecified atom stereocenters. The fourth-order valence-corrected chi connectivity index (χ4v) is 9.68. The van der Waals surface area contributed by atoms with E-state index < -0.39 is 0 Å². The molecule has 0 aliphatic heterocycles. The van der Waals surface area contributed by atoms with E-state index in [1.807, 2.05) is 18.2 Å². The predicted molar refractivity (Wildman–Crippen MR) is 264 cm³/mol. The zero-order valence-corrected chi connectivity index (χ0v) is 34.5. The molecule has 0 spiro atoms. The first kappa shape index (κ1) is 36.0. The molecule has 0 fully saturated rings. The van der Waals surface area contributed by atoms with Crippen LogP contribution >= 0.6 is 0 Å². The molecule has 0 N–H and O–H groups in total. The Morgan fingerprint density at radius 3 is 1.75 bits per heavy atom. The van der Waals surface area contributed by atoms with Crippen LogP contribution in [-0.2, 0) is 0 Å². The average molecular weight is 817 g/mol. The Balaban J connectivity index is 1.04. The van der Waals surface area contributed by atoms with E-state index in [0.29, 0.717) is 17.5 Å². The Morgan fingerprint density at radius 1 is 0.344 bits per heavy atom. The van der Waals surface area contributed by atoms with Gasteiger partial charge in [-0.3, -0.25) is 0 Å². The number of rotatable bonds is 6. The van der Waals surface area contributed by atoms with Gasteiger partial charge in [0, 0.05) is 38.2 Å². The topological polar surface area (TPSA) is 56.7 Å². The summed E-state index contributed by atoms with van der Waals surface area (Å²) in [4.78, 5) is 15.7. The van der Waals surface area contributed by atoms with E-state index >= 15 is 0 Å². The van der Waals surface area contributed by atoms with Gasteiger partial charge in [-0.15, -0.1) is 0 Å². The summed E-state index contributed by atoms with van der Waals surface area (Å²) < 4.78 is 9.39. The molecular formula is C59H36N4O. The van der Waals surface area contributed by atoms with Crippen molar-refractivity contribution in [2.45, 2.75) is 0 Å². The highest BCUT2D eigenvalue weighted by molar-refractivity contribution is 6.24. The van der Waals surface area contributed by atoms with E-state index in [1.54, 1.807) is 0 Å². The quantitative estimate of drug-likeness (QED) is 0.168. The summed E-state index contributed by atoms with van der Waals surface area (Å²) in [6.45, 7) is 0. The normalized spacial score (nSPS) is 11.8. The maximum atomic E-state index is 7.01. The third-order valence-corrected chi connectivity index (χ3v) is 12.6. The lowest BCUT2D eigenvalue weighted by atomic mass is 9.93. The molecule has 0 aliphatic rings. The first-order valence-corrected chi connectivity index (χ1v) is 21.6. The lowest BCUT2D eigenvalue weighted by molar-refractivity contribution is 0.666. The van der Waals surface area contributed by atoms with Crippen LogP contribution in [-0.4, -0.2) is 19.5 Å². The summed E-state index contributed by atoms with van der Waals surface area (Å²) in [6.07, 6.45) is 0. The van der Waals surface area contributed by atoms with Gasteiger partial charge in [-0.1, -0.05) is 188 Å². The lowest BCUT2D eigenvalue weighted by Gasteiger charge is -2.12. The smallest absolute Gasteiger partial charge is 0.164 e. The third-order valence-electron chi connectivity index (χ3n) is 12.6. The zero-order chi connectivity index (χ0) is 42.1. The van der Waals surface area contributed by atoms with Gasteiger partial charge in [-0.25, -0.2) is 15.0 Å². The Labute approximate surface area is 368 Å². The van der Waals surface area contributed by atoms with Gasteiger partial charge in [-0.05, 0) is 74.1 Å². The molecular weight excluding hydrogens is 781 g/mol. The molecule has 3 aromatic heterocycles. The fourth-order valence-electron chi connectivity index (χ4n) is 9.68. The van der Waals surface area contributed by atoms with E-state index in [1.165, 1.54) is 32.7 Å². The van der Waals surface area contributed by atoms with Crippen LogP contribution in [0.3, 0.4) is 0 Å². The molecule has 0 aliphatic carbocycles. The van der Waals surface area contributed by atoms with Crippen molar-refractivity contribution >= 4 is 65.3 Å². The van der Waals surface area contributed by atoms with Crippen molar-refractivity contribution in [1.82, 2.24) is 19.5 Å². The number of aromatic nitrogens is 4. The minimum absolute atomic E-state index is 0.579. The van der Waals surface area contributed by atoms with Gasteiger partial charge in [0.05, 0.1) is 16.7 Å². The Morgan fingerprint density at radius 2 is 0.938 bits per heavy atom. The van der Waals surface area contributed by atoms with E-state index in [0.717, 1.165) is 77.2 Å². The molecule has 0 bridgehead atoms. The molecule has 0 saturated heterocycles. The van der Waals surface area contributed by atoms with E-state index in [-0.39, 0.29) is 0 Å². The van der Waals surface area contributed by atoms with Crippen molar-refractivity contribution in [3.8, 4) is 62.1 Å². The minimum Gasteiger partial charge on any atom is -0.454 e. The van der Waals surface area contributed by atoms with Crippen LogP contribution in [0.25, 0.3) is 127 Å². The average Bonchev–Trinajstić information content (AvgIpc) is 3.92. The van der Waals surface area contributed by atoms with Crippen LogP contribution < -0.4 is 0 Å². The number of benzene rings is 10. The van der Waals surface area contributed by atoms with Crippen LogP contribution in [0.1, 0.15) is 0 Å². The summed E-state index contributed by atoms with van der Waals surface area (Å²) >= 11 is 0. The minimum atomic E-state index is 0.579. The molecule has 0 atom stereocenters. The van der Waals surface area contributed by atoms with Gasteiger partial charge in [0.25, 0.3) is 0 Å². The number of hydrogen-bond acceptors (Lipinski definition) is 4. The molecule has 5 nitrogen and oxygen atoms in total. The summed E-state index contributed by atoms with van der Waals surface area (Å²) in [5.41, 5.74) is 12.2. The molecule has 298 valence electrons. The van der Waals surface area contributed by atoms with Crippen LogP contribution in [0.15, 0.2) is 223 Å². The number of nitrogens with zero attached hydrogens (tertiary/aromatic N) is 4.